The number of nitrogens with zero attached hydrogens (tertiary/aromatic N) is 7. The number of aliphatic hydroxyl groups is 1. The number of hydrogen-bond donors (Lipinski definition) is 1. The molecule has 3 heterocycles. The van der Waals surface area contributed by atoms with E-state index in [-0.39, 0.29) is 19.1 Å². The highest BCUT2D eigenvalue weighted by molar-refractivity contribution is 5.95. The summed E-state index contributed by atoms with van der Waals surface area (Å²) in [6, 6.07) is 0. The molecule has 0 radical (unpaired) electrons. The Labute approximate surface area is 159 Å². The molecule has 1 aliphatic rings. The van der Waals surface area contributed by atoms with Crippen molar-refractivity contribution in [2.75, 3.05) is 51.3 Å². The van der Waals surface area contributed by atoms with Gasteiger partial charge in [-0.05, 0) is 14.0 Å². The minimum Gasteiger partial charge on any atom is -0.395 e. The van der Waals surface area contributed by atoms with Crippen molar-refractivity contribution in [3.05, 3.63) is 35.7 Å². The van der Waals surface area contributed by atoms with Crippen LogP contribution < -0.4 is 4.90 Å². The molecule has 9 nitrogen and oxygen atoms in total. The Balaban J connectivity index is 1.77. The van der Waals surface area contributed by atoms with Gasteiger partial charge in [0.25, 0.3) is 5.91 Å². The lowest BCUT2D eigenvalue weighted by molar-refractivity contribution is 0.0700. The van der Waals surface area contributed by atoms with Gasteiger partial charge in [-0.25, -0.2) is 15.0 Å². The summed E-state index contributed by atoms with van der Waals surface area (Å²) in [6.07, 6.45) is 5.12. The minimum absolute atomic E-state index is 0.116. The zero-order valence-corrected chi connectivity index (χ0v) is 16.2. The van der Waals surface area contributed by atoms with Crippen LogP contribution >= 0.6 is 0 Å². The van der Waals surface area contributed by atoms with Crippen LogP contribution in [-0.2, 0) is 13.6 Å². The molecule has 1 aliphatic heterocycles. The van der Waals surface area contributed by atoms with Gasteiger partial charge in [0.2, 0.25) is 5.95 Å². The van der Waals surface area contributed by atoms with Crippen molar-refractivity contribution in [2.45, 2.75) is 13.5 Å². The fourth-order valence-electron chi connectivity index (χ4n) is 3.09. The molecule has 1 saturated heterocycles. The number of carbonyl (C=O) groups is 1. The van der Waals surface area contributed by atoms with Crippen LogP contribution in [0.2, 0.25) is 0 Å². The molecule has 0 aromatic carbocycles. The second-order valence-electron chi connectivity index (χ2n) is 6.86. The molecular weight excluding hydrogens is 346 g/mol. The summed E-state index contributed by atoms with van der Waals surface area (Å²) in [5.74, 6) is 1.22. The van der Waals surface area contributed by atoms with Gasteiger partial charge in [-0.1, -0.05) is 0 Å². The summed E-state index contributed by atoms with van der Waals surface area (Å²) < 4.78 is 1.86. The van der Waals surface area contributed by atoms with Gasteiger partial charge in [-0.2, -0.15) is 0 Å². The van der Waals surface area contributed by atoms with E-state index in [4.69, 9.17) is 0 Å². The molecule has 146 valence electrons. The molecular formula is C18H27N7O2. The number of carbonyl (C=O) groups excluding carboxylic acids is 1. The number of anilines is 1. The van der Waals surface area contributed by atoms with E-state index in [0.717, 1.165) is 32.0 Å². The molecule has 9 heteroatoms. The van der Waals surface area contributed by atoms with Gasteiger partial charge in [-0.15, -0.1) is 0 Å². The molecule has 3 rings (SSSR count). The lowest BCUT2D eigenvalue weighted by Crippen LogP contribution is -2.45. The first-order chi connectivity index (χ1) is 13.0. The van der Waals surface area contributed by atoms with Crippen LogP contribution in [0.3, 0.4) is 0 Å². The normalized spacial score (nSPS) is 15.2. The molecule has 1 N–H and O–H groups in total. The summed E-state index contributed by atoms with van der Waals surface area (Å²) in [7, 11) is 3.98. The molecule has 0 aliphatic carbocycles. The Morgan fingerprint density at radius 1 is 1.22 bits per heavy atom. The van der Waals surface area contributed by atoms with Crippen LogP contribution in [0, 0.1) is 6.92 Å². The lowest BCUT2D eigenvalue weighted by Gasteiger charge is -2.32. The zero-order valence-electron chi connectivity index (χ0n) is 16.2. The SMILES string of the molecule is Cc1nc(N2CCN(C)CC2)ncc1C(=O)N(CCO)Cc1nccn1C. The number of aryl methyl sites for hydroxylation is 2. The highest BCUT2D eigenvalue weighted by atomic mass is 16.3. The Bertz CT molecular complexity index is 784. The van der Waals surface area contributed by atoms with Gasteiger partial charge < -0.3 is 24.4 Å². The molecule has 0 unspecified atom stereocenters. The van der Waals surface area contributed by atoms with Crippen molar-refractivity contribution in [1.82, 2.24) is 29.3 Å². The Morgan fingerprint density at radius 2 is 1.96 bits per heavy atom. The van der Waals surface area contributed by atoms with Gasteiger partial charge >= 0.3 is 0 Å². The van der Waals surface area contributed by atoms with Crippen molar-refractivity contribution < 1.29 is 9.90 Å². The summed E-state index contributed by atoms with van der Waals surface area (Å²) in [4.78, 5) is 32.2. The summed E-state index contributed by atoms with van der Waals surface area (Å²) in [6.45, 7) is 5.95. The maximum Gasteiger partial charge on any atom is 0.257 e. The van der Waals surface area contributed by atoms with E-state index in [1.165, 1.54) is 0 Å². The molecule has 1 amide bonds. The lowest BCUT2D eigenvalue weighted by atomic mass is 10.2. The number of hydrogen-bond acceptors (Lipinski definition) is 7. The molecule has 2 aromatic heterocycles. The average Bonchev–Trinajstić information content (AvgIpc) is 3.06. The number of aromatic nitrogens is 4. The highest BCUT2D eigenvalue weighted by Crippen LogP contribution is 2.16. The van der Waals surface area contributed by atoms with Crippen LogP contribution in [0.1, 0.15) is 21.9 Å². The van der Waals surface area contributed by atoms with Gasteiger partial charge in [-0.3, -0.25) is 4.79 Å². The minimum atomic E-state index is -0.200. The molecule has 2 aromatic rings. The van der Waals surface area contributed by atoms with Crippen molar-refractivity contribution >= 4 is 11.9 Å². The number of likely N-dealkylation sites (N-methyl/N-ethyl adjacent to an activating group) is 1. The van der Waals surface area contributed by atoms with E-state index in [9.17, 15) is 9.90 Å². The first-order valence-corrected chi connectivity index (χ1v) is 9.13. The van der Waals surface area contributed by atoms with Crippen molar-refractivity contribution in [1.29, 1.82) is 0 Å². The van der Waals surface area contributed by atoms with E-state index >= 15 is 0 Å². The van der Waals surface area contributed by atoms with Crippen LogP contribution in [0.25, 0.3) is 0 Å². The molecule has 0 saturated carbocycles. The van der Waals surface area contributed by atoms with Crippen molar-refractivity contribution in [3.63, 3.8) is 0 Å². The van der Waals surface area contributed by atoms with Crippen LogP contribution in [0.4, 0.5) is 5.95 Å². The zero-order chi connectivity index (χ0) is 19.4. The number of rotatable bonds is 6. The molecule has 0 spiro atoms. The number of amides is 1. The standard InChI is InChI=1S/C18H27N7O2/c1-14-15(12-20-18(21-14)24-8-6-22(2)7-9-24)17(27)25(10-11-26)13-16-19-4-5-23(16)3/h4-5,12,26H,6-11,13H2,1-3H3. The number of aliphatic hydroxyl groups excluding tert-OH is 1. The summed E-state index contributed by atoms with van der Waals surface area (Å²) in [5, 5.41) is 9.37. The number of piperazine rings is 1. The third-order valence-corrected chi connectivity index (χ3v) is 4.89. The summed E-state index contributed by atoms with van der Waals surface area (Å²) >= 11 is 0. The van der Waals surface area contributed by atoms with Gasteiger partial charge in [0, 0.05) is 58.4 Å². The number of imidazole rings is 1. The molecule has 0 bridgehead atoms. The predicted molar refractivity (Wildman–Crippen MR) is 102 cm³/mol. The topological polar surface area (TPSA) is 90.6 Å². The fraction of sp³-hybridized carbons (Fsp3) is 0.556. The molecule has 0 atom stereocenters. The van der Waals surface area contributed by atoms with Crippen LogP contribution in [0.15, 0.2) is 18.6 Å². The van der Waals surface area contributed by atoms with Gasteiger partial charge in [0.15, 0.2) is 0 Å². The van der Waals surface area contributed by atoms with E-state index in [1.54, 1.807) is 17.3 Å². The fourth-order valence-corrected chi connectivity index (χ4v) is 3.09. The van der Waals surface area contributed by atoms with Gasteiger partial charge in [0.05, 0.1) is 24.4 Å². The second-order valence-corrected chi connectivity index (χ2v) is 6.86. The highest BCUT2D eigenvalue weighted by Gasteiger charge is 2.22. The largest absolute Gasteiger partial charge is 0.395 e. The van der Waals surface area contributed by atoms with E-state index in [0.29, 0.717) is 23.8 Å². The van der Waals surface area contributed by atoms with Gasteiger partial charge in [0.1, 0.15) is 5.82 Å². The van der Waals surface area contributed by atoms with E-state index in [1.807, 2.05) is 24.7 Å². The van der Waals surface area contributed by atoms with E-state index < -0.39 is 0 Å². The van der Waals surface area contributed by atoms with Crippen molar-refractivity contribution in [3.8, 4) is 0 Å². The van der Waals surface area contributed by atoms with Crippen LogP contribution in [0.5, 0.6) is 0 Å². The Kier molecular flexibility index (Phi) is 6.02. The first-order valence-electron chi connectivity index (χ1n) is 9.13. The monoisotopic (exact) mass is 373 g/mol. The maximum absolute atomic E-state index is 13.0. The summed E-state index contributed by atoms with van der Waals surface area (Å²) in [5.41, 5.74) is 1.10. The molecule has 1 fully saturated rings. The van der Waals surface area contributed by atoms with Crippen molar-refractivity contribution in [2.24, 2.45) is 7.05 Å². The van der Waals surface area contributed by atoms with Crippen LogP contribution in [-0.4, -0.2) is 86.7 Å². The Hall–Kier alpha value is -2.52. The smallest absolute Gasteiger partial charge is 0.257 e. The molecule has 27 heavy (non-hydrogen) atoms. The third kappa shape index (κ3) is 4.42. The predicted octanol–water partition coefficient (Wildman–Crippen LogP) is -0.0950. The van der Waals surface area contributed by atoms with E-state index in [2.05, 4.69) is 31.8 Å². The maximum atomic E-state index is 13.0. The average molecular weight is 373 g/mol. The quantitative estimate of drug-likeness (QED) is 0.756. The first kappa shape index (κ1) is 19.2. The Morgan fingerprint density at radius 3 is 2.56 bits per heavy atom. The second kappa shape index (κ2) is 8.45. The third-order valence-electron chi connectivity index (χ3n) is 4.89.